The highest BCUT2D eigenvalue weighted by atomic mass is 32.2. The van der Waals surface area contributed by atoms with E-state index in [-0.39, 0.29) is 0 Å². The molecule has 1 N–H and O–H groups in total. The highest BCUT2D eigenvalue weighted by Crippen LogP contribution is 2.42. The zero-order valence-corrected chi connectivity index (χ0v) is 13.5. The maximum Gasteiger partial charge on any atom is 0.0308 e. The molecule has 3 rings (SSSR count). The Bertz CT molecular complexity index is 305. The molecule has 0 bridgehead atoms. The number of rotatable bonds is 4. The summed E-state index contributed by atoms with van der Waals surface area (Å²) in [6.45, 7) is 8.63. The molecule has 0 spiro atoms. The van der Waals surface area contributed by atoms with Crippen molar-refractivity contribution in [2.75, 3.05) is 25.4 Å². The van der Waals surface area contributed by atoms with Crippen LogP contribution in [0.15, 0.2) is 0 Å². The molecule has 1 aliphatic heterocycles. The van der Waals surface area contributed by atoms with Crippen molar-refractivity contribution in [3.05, 3.63) is 0 Å². The van der Waals surface area contributed by atoms with Crippen LogP contribution in [0, 0.1) is 5.92 Å². The predicted molar refractivity (Wildman–Crippen MR) is 84.9 cm³/mol. The monoisotopic (exact) mass is 282 g/mol. The summed E-state index contributed by atoms with van der Waals surface area (Å²) in [5.74, 6) is 2.24. The van der Waals surface area contributed by atoms with Crippen LogP contribution in [0.3, 0.4) is 0 Å². The van der Waals surface area contributed by atoms with Gasteiger partial charge in [-0.15, -0.1) is 0 Å². The highest BCUT2D eigenvalue weighted by Gasteiger charge is 2.44. The minimum Gasteiger partial charge on any atom is -0.310 e. The van der Waals surface area contributed by atoms with Crippen LogP contribution in [0.25, 0.3) is 0 Å². The van der Waals surface area contributed by atoms with Crippen LogP contribution in [-0.4, -0.2) is 47.1 Å². The largest absolute Gasteiger partial charge is 0.310 e. The third-order valence-electron chi connectivity index (χ3n) is 5.44. The quantitative estimate of drug-likeness (QED) is 0.853. The first kappa shape index (κ1) is 14.2. The van der Waals surface area contributed by atoms with Crippen LogP contribution < -0.4 is 5.32 Å². The Morgan fingerprint density at radius 1 is 1.26 bits per heavy atom. The van der Waals surface area contributed by atoms with Crippen molar-refractivity contribution in [2.45, 2.75) is 69.2 Å². The first-order chi connectivity index (χ1) is 9.21. The fraction of sp³-hybridized carbons (Fsp3) is 1.00. The van der Waals surface area contributed by atoms with E-state index in [1.165, 1.54) is 63.9 Å². The number of hydrogen-bond donors (Lipinski definition) is 1. The molecule has 2 aliphatic carbocycles. The van der Waals surface area contributed by atoms with Crippen molar-refractivity contribution in [3.63, 3.8) is 0 Å². The van der Waals surface area contributed by atoms with Gasteiger partial charge in [0.05, 0.1) is 0 Å². The standard InChI is InChI=1S/C16H30N2S/c1-3-19-15-8-7-14(11-15)18-10-4-9-17-16(2,12-18)13-5-6-13/h13-15,17H,3-12H2,1-2H3. The van der Waals surface area contributed by atoms with E-state index in [2.05, 4.69) is 35.8 Å². The molecule has 0 aromatic heterocycles. The third kappa shape index (κ3) is 3.30. The fourth-order valence-corrected chi connectivity index (χ4v) is 5.29. The van der Waals surface area contributed by atoms with Crippen molar-refractivity contribution in [3.8, 4) is 0 Å². The van der Waals surface area contributed by atoms with Gasteiger partial charge in [0.25, 0.3) is 0 Å². The lowest BCUT2D eigenvalue weighted by atomic mass is 9.94. The van der Waals surface area contributed by atoms with Gasteiger partial charge in [0, 0.05) is 23.4 Å². The molecule has 2 nitrogen and oxygen atoms in total. The molecule has 19 heavy (non-hydrogen) atoms. The Balaban J connectivity index is 1.60. The minimum absolute atomic E-state index is 0.409. The van der Waals surface area contributed by atoms with Crippen molar-refractivity contribution in [1.82, 2.24) is 10.2 Å². The summed E-state index contributed by atoms with van der Waals surface area (Å²) in [5, 5.41) is 4.81. The molecule has 3 unspecified atom stereocenters. The fourth-order valence-electron chi connectivity index (χ4n) is 4.15. The van der Waals surface area contributed by atoms with E-state index in [1.54, 1.807) is 0 Å². The molecule has 0 aromatic rings. The molecular weight excluding hydrogens is 252 g/mol. The van der Waals surface area contributed by atoms with Crippen LogP contribution in [0.1, 0.15) is 52.4 Å². The Kier molecular flexibility index (Phi) is 4.45. The normalized spacial score (nSPS) is 41.4. The van der Waals surface area contributed by atoms with Crippen molar-refractivity contribution in [2.24, 2.45) is 5.92 Å². The molecule has 3 aliphatic rings. The van der Waals surface area contributed by atoms with E-state index in [4.69, 9.17) is 0 Å². The van der Waals surface area contributed by atoms with Gasteiger partial charge in [-0.2, -0.15) is 11.8 Å². The molecular formula is C16H30N2S. The lowest BCUT2D eigenvalue weighted by Gasteiger charge is -2.37. The number of hydrogen-bond acceptors (Lipinski definition) is 3. The summed E-state index contributed by atoms with van der Waals surface area (Å²) in [5.41, 5.74) is 0.409. The summed E-state index contributed by atoms with van der Waals surface area (Å²) in [6.07, 6.45) is 8.59. The van der Waals surface area contributed by atoms with Crippen LogP contribution in [0.5, 0.6) is 0 Å². The number of nitrogens with one attached hydrogen (secondary N) is 1. The summed E-state index contributed by atoms with van der Waals surface area (Å²) in [4.78, 5) is 2.84. The van der Waals surface area contributed by atoms with Gasteiger partial charge in [-0.05, 0) is 70.2 Å². The summed E-state index contributed by atoms with van der Waals surface area (Å²) >= 11 is 2.19. The Morgan fingerprint density at radius 3 is 2.84 bits per heavy atom. The maximum atomic E-state index is 3.86. The first-order valence-electron chi connectivity index (χ1n) is 8.32. The summed E-state index contributed by atoms with van der Waals surface area (Å²) < 4.78 is 0. The molecule has 1 heterocycles. The second-order valence-corrected chi connectivity index (χ2v) is 8.56. The summed E-state index contributed by atoms with van der Waals surface area (Å²) in [7, 11) is 0. The van der Waals surface area contributed by atoms with Gasteiger partial charge in [-0.25, -0.2) is 0 Å². The van der Waals surface area contributed by atoms with Gasteiger partial charge < -0.3 is 5.32 Å². The second-order valence-electron chi connectivity index (χ2n) is 6.99. The molecule has 3 heteroatoms. The summed E-state index contributed by atoms with van der Waals surface area (Å²) in [6, 6.07) is 0.877. The third-order valence-corrected chi connectivity index (χ3v) is 6.67. The Hall–Kier alpha value is 0.270. The molecule has 0 amide bonds. The second kappa shape index (κ2) is 5.95. The lowest BCUT2D eigenvalue weighted by molar-refractivity contribution is 0.152. The molecule has 1 saturated heterocycles. The first-order valence-corrected chi connectivity index (χ1v) is 9.37. The van der Waals surface area contributed by atoms with Crippen LogP contribution in [0.2, 0.25) is 0 Å². The highest BCUT2D eigenvalue weighted by molar-refractivity contribution is 7.99. The van der Waals surface area contributed by atoms with E-state index in [1.807, 2.05) is 0 Å². The number of nitrogens with zero attached hydrogens (tertiary/aromatic N) is 1. The van der Waals surface area contributed by atoms with Gasteiger partial charge in [0.15, 0.2) is 0 Å². The van der Waals surface area contributed by atoms with E-state index >= 15 is 0 Å². The predicted octanol–water partition coefficient (Wildman–Crippen LogP) is 3.12. The van der Waals surface area contributed by atoms with E-state index in [9.17, 15) is 0 Å². The molecule has 3 fully saturated rings. The number of thioether (sulfide) groups is 1. The van der Waals surface area contributed by atoms with Gasteiger partial charge in [-0.3, -0.25) is 4.90 Å². The van der Waals surface area contributed by atoms with Crippen molar-refractivity contribution < 1.29 is 0 Å². The average molecular weight is 282 g/mol. The SMILES string of the molecule is CCSC1CCC(N2CCCNC(C)(C3CC3)C2)C1. The van der Waals surface area contributed by atoms with E-state index in [0.29, 0.717) is 5.54 Å². The Morgan fingerprint density at radius 2 is 2.11 bits per heavy atom. The van der Waals surface area contributed by atoms with Gasteiger partial charge in [-0.1, -0.05) is 6.92 Å². The molecule has 2 saturated carbocycles. The smallest absolute Gasteiger partial charge is 0.0308 e. The molecule has 0 aromatic carbocycles. The zero-order chi connectivity index (χ0) is 13.3. The van der Waals surface area contributed by atoms with Crippen molar-refractivity contribution >= 4 is 11.8 Å². The maximum absolute atomic E-state index is 3.86. The van der Waals surface area contributed by atoms with Crippen molar-refractivity contribution in [1.29, 1.82) is 0 Å². The average Bonchev–Trinajstić information content (AvgIpc) is 3.17. The van der Waals surface area contributed by atoms with E-state index < -0.39 is 0 Å². The minimum atomic E-state index is 0.409. The van der Waals surface area contributed by atoms with E-state index in [0.717, 1.165) is 17.2 Å². The molecule has 110 valence electrons. The lowest BCUT2D eigenvalue weighted by Crippen LogP contribution is -2.52. The molecule has 3 atom stereocenters. The topological polar surface area (TPSA) is 15.3 Å². The van der Waals surface area contributed by atoms with Crippen LogP contribution in [-0.2, 0) is 0 Å². The van der Waals surface area contributed by atoms with Crippen LogP contribution >= 0.6 is 11.8 Å². The van der Waals surface area contributed by atoms with Crippen LogP contribution in [0.4, 0.5) is 0 Å². The van der Waals surface area contributed by atoms with Gasteiger partial charge in [0.2, 0.25) is 0 Å². The van der Waals surface area contributed by atoms with Gasteiger partial charge >= 0.3 is 0 Å². The Labute approximate surface area is 123 Å². The zero-order valence-electron chi connectivity index (χ0n) is 12.7. The molecule has 0 radical (unpaired) electrons. The van der Waals surface area contributed by atoms with Gasteiger partial charge in [0.1, 0.15) is 0 Å².